The van der Waals surface area contributed by atoms with E-state index in [-0.39, 0.29) is 0 Å². The number of amidine groups is 1. The molecule has 264 valence electrons. The maximum Gasteiger partial charge on any atom is 0.422 e. The Kier molecular flexibility index (Phi) is 11.3. The number of piperidine rings is 1. The molecule has 1 aromatic carbocycles. The molecule has 12 nitrogen and oxygen atoms in total. The molecule has 2 aromatic rings. The van der Waals surface area contributed by atoms with E-state index in [1.54, 1.807) is 34.6 Å². The van der Waals surface area contributed by atoms with Crippen LogP contribution in [0.25, 0.3) is 0 Å². The smallest absolute Gasteiger partial charge is 0.422 e. The van der Waals surface area contributed by atoms with Gasteiger partial charge in [-0.15, -0.1) is 0 Å². The SMILES string of the molecule is CC[C@H]1CN(c2ncc(C3=NCCN3)cc2Cl)CCN1C1CCN(Cc2ccc(C(C)(C)NS(=O)(=O)NC(=O)OC(C)(C)C)cc2)CC1. The summed E-state index contributed by atoms with van der Waals surface area (Å²) >= 11 is 6.74. The molecule has 0 radical (unpaired) electrons. The van der Waals surface area contributed by atoms with Gasteiger partial charge in [-0.3, -0.25) is 14.8 Å². The zero-order valence-electron chi connectivity index (χ0n) is 29.1. The first-order valence-electron chi connectivity index (χ1n) is 16.9. The lowest BCUT2D eigenvalue weighted by molar-refractivity contribution is 0.0569. The molecule has 0 saturated carbocycles. The quantitative estimate of drug-likeness (QED) is 0.333. The molecular weight excluding hydrogens is 652 g/mol. The highest BCUT2D eigenvalue weighted by Crippen LogP contribution is 2.30. The van der Waals surface area contributed by atoms with Crippen molar-refractivity contribution in [3.05, 3.63) is 58.2 Å². The standard InChI is InChI=1S/C34H51ClN8O4S/c1-7-27-23-42(31-29(35)20-25(21-38-31)30-36-14-15-37-30)18-19-43(27)28-12-16-41(17-13-28)22-24-8-10-26(11-9-24)34(5,6)40-48(45,46)39-32(44)47-33(2,3)4/h8-11,20-21,27-28,40H,7,12-19,22-23H2,1-6H3,(H,36,37)(H,39,44)/t27-/m0/s1. The molecule has 5 rings (SSSR count). The summed E-state index contributed by atoms with van der Waals surface area (Å²) in [5.74, 6) is 1.73. The van der Waals surface area contributed by atoms with Gasteiger partial charge in [-0.1, -0.05) is 42.8 Å². The summed E-state index contributed by atoms with van der Waals surface area (Å²) in [6, 6.07) is 11.0. The van der Waals surface area contributed by atoms with Gasteiger partial charge in [0.2, 0.25) is 0 Å². The Balaban J connectivity index is 1.11. The van der Waals surface area contributed by atoms with Crippen LogP contribution >= 0.6 is 11.6 Å². The molecule has 14 heteroatoms. The van der Waals surface area contributed by atoms with Crippen molar-refractivity contribution >= 4 is 39.6 Å². The summed E-state index contributed by atoms with van der Waals surface area (Å²) < 4.78 is 34.8. The van der Waals surface area contributed by atoms with Crippen LogP contribution in [0.3, 0.4) is 0 Å². The van der Waals surface area contributed by atoms with Crippen molar-refractivity contribution < 1.29 is 17.9 Å². The summed E-state index contributed by atoms with van der Waals surface area (Å²) in [7, 11) is -4.14. The fourth-order valence-electron chi connectivity index (χ4n) is 6.81. The average Bonchev–Trinajstić information content (AvgIpc) is 3.55. The molecule has 3 N–H and O–H groups in total. The number of nitrogens with one attached hydrogen (secondary N) is 3. The maximum absolute atomic E-state index is 12.6. The van der Waals surface area contributed by atoms with Crippen LogP contribution in [0.1, 0.15) is 77.5 Å². The molecule has 1 atom stereocenters. The van der Waals surface area contributed by atoms with E-state index >= 15 is 0 Å². The van der Waals surface area contributed by atoms with Crippen LogP contribution in [0, 0.1) is 0 Å². The lowest BCUT2D eigenvalue weighted by Gasteiger charge is -2.47. The number of carbonyl (C=O) groups is 1. The minimum absolute atomic E-state index is 0.446. The monoisotopic (exact) mass is 702 g/mol. The Morgan fingerprint density at radius 3 is 2.40 bits per heavy atom. The molecule has 0 aliphatic carbocycles. The second-order valence-electron chi connectivity index (χ2n) is 14.5. The maximum atomic E-state index is 12.6. The van der Waals surface area contributed by atoms with Gasteiger partial charge in [-0.05, 0) is 84.2 Å². The number of rotatable bonds is 10. The highest BCUT2D eigenvalue weighted by atomic mass is 35.5. The third-order valence-corrected chi connectivity index (χ3v) is 10.7. The second kappa shape index (κ2) is 14.9. The van der Waals surface area contributed by atoms with Gasteiger partial charge in [-0.25, -0.2) is 14.5 Å². The summed E-state index contributed by atoms with van der Waals surface area (Å²) in [6.45, 7) is 18.1. The highest BCUT2D eigenvalue weighted by Gasteiger charge is 2.34. The molecule has 3 aliphatic rings. The Morgan fingerprint density at radius 1 is 1.08 bits per heavy atom. The largest absolute Gasteiger partial charge is 0.443 e. The second-order valence-corrected chi connectivity index (χ2v) is 16.3. The van der Waals surface area contributed by atoms with E-state index < -0.39 is 27.4 Å². The number of anilines is 1. The number of hydrogen-bond acceptors (Lipinski definition) is 10. The van der Waals surface area contributed by atoms with Gasteiger partial charge in [0.15, 0.2) is 0 Å². The van der Waals surface area contributed by atoms with Crippen LogP contribution in [0.5, 0.6) is 0 Å². The Labute approximate surface area is 290 Å². The van der Waals surface area contributed by atoms with Crippen molar-refractivity contribution in [1.29, 1.82) is 0 Å². The predicted octanol–water partition coefficient (Wildman–Crippen LogP) is 4.24. The first-order chi connectivity index (χ1) is 22.6. The third-order valence-electron chi connectivity index (χ3n) is 9.18. The normalized spacial score (nSPS) is 20.4. The van der Waals surface area contributed by atoms with Gasteiger partial charge in [0.05, 0.1) is 17.1 Å². The van der Waals surface area contributed by atoms with Crippen LogP contribution in [0.4, 0.5) is 10.6 Å². The van der Waals surface area contributed by atoms with Gasteiger partial charge in [0.25, 0.3) is 0 Å². The molecule has 3 aliphatic heterocycles. The fraction of sp³-hybridized carbons (Fsp3) is 0.618. The van der Waals surface area contributed by atoms with E-state index in [9.17, 15) is 13.2 Å². The Morgan fingerprint density at radius 2 is 1.79 bits per heavy atom. The molecule has 48 heavy (non-hydrogen) atoms. The Bertz CT molecular complexity index is 1570. The number of aromatic nitrogens is 1. The van der Waals surface area contributed by atoms with Crippen LogP contribution in [0.2, 0.25) is 5.02 Å². The number of carbonyl (C=O) groups excluding carboxylic acids is 1. The molecule has 2 fully saturated rings. The molecule has 0 bridgehead atoms. The minimum atomic E-state index is -4.14. The van der Waals surface area contributed by atoms with E-state index in [2.05, 4.69) is 48.8 Å². The van der Waals surface area contributed by atoms with E-state index in [1.807, 2.05) is 29.1 Å². The first-order valence-corrected chi connectivity index (χ1v) is 18.8. The van der Waals surface area contributed by atoms with E-state index in [4.69, 9.17) is 21.3 Å². The number of hydrogen-bond donors (Lipinski definition) is 3. The van der Waals surface area contributed by atoms with Crippen molar-refractivity contribution in [3.63, 3.8) is 0 Å². The van der Waals surface area contributed by atoms with Crippen LogP contribution in [0.15, 0.2) is 41.5 Å². The molecule has 1 aromatic heterocycles. The van der Waals surface area contributed by atoms with Crippen LogP contribution in [-0.4, -0.2) is 98.6 Å². The van der Waals surface area contributed by atoms with E-state index in [0.29, 0.717) is 17.1 Å². The van der Waals surface area contributed by atoms with Gasteiger partial charge < -0.3 is 15.0 Å². The number of nitrogens with zero attached hydrogens (tertiary/aromatic N) is 5. The number of ether oxygens (including phenoxy) is 1. The van der Waals surface area contributed by atoms with Crippen LogP contribution in [-0.2, 0) is 27.0 Å². The van der Waals surface area contributed by atoms with Crippen molar-refractivity contribution in [2.75, 3.05) is 50.7 Å². The summed E-state index contributed by atoms with van der Waals surface area (Å²) in [5, 5.41) is 3.97. The third kappa shape index (κ3) is 9.38. The zero-order valence-corrected chi connectivity index (χ0v) is 30.6. The number of amides is 1. The minimum Gasteiger partial charge on any atom is -0.443 e. The van der Waals surface area contributed by atoms with Gasteiger partial charge in [0, 0.05) is 56.6 Å². The number of benzene rings is 1. The van der Waals surface area contributed by atoms with Gasteiger partial charge in [0.1, 0.15) is 17.3 Å². The number of aliphatic imine (C=N–C) groups is 1. The lowest BCUT2D eigenvalue weighted by atomic mass is 9.94. The molecule has 0 spiro atoms. The number of piperazine rings is 1. The summed E-state index contributed by atoms with van der Waals surface area (Å²) in [5.41, 5.74) is 1.15. The lowest BCUT2D eigenvalue weighted by Crippen LogP contribution is -2.58. The Hall–Kier alpha value is -2.97. The summed E-state index contributed by atoms with van der Waals surface area (Å²) in [4.78, 5) is 28.8. The van der Waals surface area contributed by atoms with Crippen molar-refractivity contribution in [2.45, 2.75) is 90.6 Å². The fourth-order valence-corrected chi connectivity index (χ4v) is 8.20. The molecule has 1 amide bonds. The predicted molar refractivity (Wildman–Crippen MR) is 191 cm³/mol. The summed E-state index contributed by atoms with van der Waals surface area (Å²) in [6.07, 6.45) is 4.18. The van der Waals surface area contributed by atoms with Crippen molar-refractivity contribution in [2.24, 2.45) is 4.99 Å². The van der Waals surface area contributed by atoms with E-state index in [0.717, 1.165) is 94.4 Å². The molecule has 2 saturated heterocycles. The topological polar surface area (TPSA) is 132 Å². The molecule has 0 unspecified atom stereocenters. The number of halogens is 1. The first kappa shape index (κ1) is 36.3. The van der Waals surface area contributed by atoms with E-state index in [1.165, 1.54) is 5.56 Å². The average molecular weight is 703 g/mol. The van der Waals surface area contributed by atoms with Crippen LogP contribution < -0.4 is 19.7 Å². The highest BCUT2D eigenvalue weighted by molar-refractivity contribution is 7.88. The van der Waals surface area contributed by atoms with Gasteiger partial charge >= 0.3 is 16.3 Å². The zero-order chi connectivity index (χ0) is 34.7. The number of pyridine rings is 1. The molecule has 4 heterocycles. The molecular formula is C34H51ClN8O4S. The van der Waals surface area contributed by atoms with Gasteiger partial charge in [-0.2, -0.15) is 13.1 Å². The van der Waals surface area contributed by atoms with Crippen molar-refractivity contribution in [1.82, 2.24) is 29.5 Å². The van der Waals surface area contributed by atoms with Crippen molar-refractivity contribution in [3.8, 4) is 0 Å². The number of likely N-dealkylation sites (tertiary alicyclic amines) is 1.